The van der Waals surface area contributed by atoms with Gasteiger partial charge in [0, 0.05) is 26.3 Å². The second-order valence-electron chi connectivity index (χ2n) is 5.72. The van der Waals surface area contributed by atoms with Gasteiger partial charge in [0.05, 0.1) is 13.1 Å². The average Bonchev–Trinajstić information content (AvgIpc) is 2.44. The minimum Gasteiger partial charge on any atom is -0.362 e. The number of anilines is 1. The molecular weight excluding hydrogens is 266 g/mol. The first-order valence-electron chi connectivity index (χ1n) is 7.28. The summed E-state index contributed by atoms with van der Waals surface area (Å²) in [5, 5.41) is 2.68. The average molecular weight is 289 g/mol. The van der Waals surface area contributed by atoms with Crippen molar-refractivity contribution in [2.75, 3.05) is 38.6 Å². The van der Waals surface area contributed by atoms with E-state index in [4.69, 9.17) is 0 Å². The summed E-state index contributed by atoms with van der Waals surface area (Å²) in [5.74, 6) is -0.211. The van der Waals surface area contributed by atoms with Gasteiger partial charge in [-0.15, -0.1) is 0 Å². The van der Waals surface area contributed by atoms with Crippen molar-refractivity contribution < 1.29 is 9.59 Å². The molecule has 0 fully saturated rings. The van der Waals surface area contributed by atoms with Crippen LogP contribution in [0, 0.1) is 6.92 Å². The fourth-order valence-corrected chi connectivity index (χ4v) is 2.53. The van der Waals surface area contributed by atoms with Crippen molar-refractivity contribution in [3.63, 3.8) is 0 Å². The van der Waals surface area contributed by atoms with Gasteiger partial charge in [0.2, 0.25) is 11.8 Å². The van der Waals surface area contributed by atoms with Crippen LogP contribution >= 0.6 is 0 Å². The molecule has 0 saturated heterocycles. The van der Waals surface area contributed by atoms with Crippen molar-refractivity contribution in [3.05, 3.63) is 29.3 Å². The molecule has 21 heavy (non-hydrogen) atoms. The molecule has 1 N–H and O–H groups in total. The Kier molecular flexibility index (Phi) is 4.83. The number of hydrogen-bond donors (Lipinski definition) is 1. The number of nitrogens with zero attached hydrogens (tertiary/aromatic N) is 2. The Morgan fingerprint density at radius 2 is 2.10 bits per heavy atom. The molecule has 0 aliphatic carbocycles. The first-order chi connectivity index (χ1) is 9.97. The molecule has 0 saturated carbocycles. The van der Waals surface area contributed by atoms with Crippen LogP contribution in [0.3, 0.4) is 0 Å². The van der Waals surface area contributed by atoms with Gasteiger partial charge in [0.15, 0.2) is 0 Å². The Labute approximate surface area is 125 Å². The largest absolute Gasteiger partial charge is 0.362 e. The first kappa shape index (κ1) is 15.4. The molecule has 0 bridgehead atoms. The van der Waals surface area contributed by atoms with E-state index in [1.165, 1.54) is 16.0 Å². The maximum absolute atomic E-state index is 12.0. The van der Waals surface area contributed by atoms with Gasteiger partial charge in [-0.2, -0.15) is 0 Å². The summed E-state index contributed by atoms with van der Waals surface area (Å²) < 4.78 is 0. The van der Waals surface area contributed by atoms with Crippen molar-refractivity contribution in [3.8, 4) is 0 Å². The minimum atomic E-state index is -0.112. The highest BCUT2D eigenvalue weighted by Crippen LogP contribution is 2.27. The molecular formula is C16H23N3O2. The second kappa shape index (κ2) is 6.61. The highest BCUT2D eigenvalue weighted by molar-refractivity contribution is 5.87. The van der Waals surface area contributed by atoms with E-state index in [-0.39, 0.29) is 18.4 Å². The van der Waals surface area contributed by atoms with E-state index in [0.29, 0.717) is 6.54 Å². The lowest BCUT2D eigenvalue weighted by molar-refractivity contribution is -0.130. The Morgan fingerprint density at radius 1 is 1.33 bits per heavy atom. The standard InChI is InChI=1S/C16H23N3O2/c1-12-6-7-14-13(9-12)5-4-8-19(14)11-15(20)17-10-16(21)18(2)3/h6-7,9H,4-5,8,10-11H2,1-3H3,(H,17,20). The number of likely N-dealkylation sites (N-methyl/N-ethyl adjacent to an activating group) is 1. The third-order valence-corrected chi connectivity index (χ3v) is 3.72. The number of carbonyl (C=O) groups is 2. The smallest absolute Gasteiger partial charge is 0.241 e. The summed E-state index contributed by atoms with van der Waals surface area (Å²) in [6, 6.07) is 6.35. The molecule has 2 amide bonds. The first-order valence-corrected chi connectivity index (χ1v) is 7.28. The quantitative estimate of drug-likeness (QED) is 0.898. The summed E-state index contributed by atoms with van der Waals surface area (Å²) >= 11 is 0. The van der Waals surface area contributed by atoms with Gasteiger partial charge in [-0.25, -0.2) is 0 Å². The molecule has 114 valence electrons. The van der Waals surface area contributed by atoms with E-state index in [1.807, 2.05) is 0 Å². The molecule has 5 heteroatoms. The molecule has 0 unspecified atom stereocenters. The highest BCUT2D eigenvalue weighted by atomic mass is 16.2. The number of fused-ring (bicyclic) bond motifs is 1. The molecule has 1 aliphatic heterocycles. The van der Waals surface area contributed by atoms with Gasteiger partial charge in [-0.05, 0) is 31.4 Å². The third kappa shape index (κ3) is 3.97. The molecule has 1 aliphatic rings. The number of amides is 2. The predicted molar refractivity (Wildman–Crippen MR) is 83.4 cm³/mol. The number of rotatable bonds is 4. The van der Waals surface area contributed by atoms with E-state index in [1.54, 1.807) is 14.1 Å². The van der Waals surface area contributed by atoms with Gasteiger partial charge in [-0.1, -0.05) is 17.7 Å². The van der Waals surface area contributed by atoms with Crippen molar-refractivity contribution in [1.82, 2.24) is 10.2 Å². The van der Waals surface area contributed by atoms with Crippen LogP contribution < -0.4 is 10.2 Å². The number of carbonyl (C=O) groups excluding carboxylic acids is 2. The van der Waals surface area contributed by atoms with Gasteiger partial charge in [0.25, 0.3) is 0 Å². The Balaban J connectivity index is 1.95. The fourth-order valence-electron chi connectivity index (χ4n) is 2.53. The molecule has 0 radical (unpaired) electrons. The predicted octanol–water partition coefficient (Wildman–Crippen LogP) is 0.952. The van der Waals surface area contributed by atoms with Gasteiger partial charge in [0.1, 0.15) is 0 Å². The van der Waals surface area contributed by atoms with Gasteiger partial charge < -0.3 is 15.1 Å². The third-order valence-electron chi connectivity index (χ3n) is 3.72. The highest BCUT2D eigenvalue weighted by Gasteiger charge is 2.19. The summed E-state index contributed by atoms with van der Waals surface area (Å²) in [4.78, 5) is 27.0. The molecule has 5 nitrogen and oxygen atoms in total. The van der Waals surface area contributed by atoms with Crippen LogP contribution in [0.15, 0.2) is 18.2 Å². The fraction of sp³-hybridized carbons (Fsp3) is 0.500. The van der Waals surface area contributed by atoms with E-state index in [9.17, 15) is 9.59 Å². The van der Waals surface area contributed by atoms with Crippen molar-refractivity contribution in [1.29, 1.82) is 0 Å². The lowest BCUT2D eigenvalue weighted by Gasteiger charge is -2.31. The van der Waals surface area contributed by atoms with Crippen molar-refractivity contribution >= 4 is 17.5 Å². The van der Waals surface area contributed by atoms with Gasteiger partial charge in [-0.3, -0.25) is 9.59 Å². The molecule has 0 spiro atoms. The number of nitrogens with one attached hydrogen (secondary N) is 1. The van der Waals surface area contributed by atoms with E-state index in [2.05, 4.69) is 35.3 Å². The van der Waals surface area contributed by atoms with E-state index < -0.39 is 0 Å². The number of aryl methyl sites for hydroxylation is 2. The topological polar surface area (TPSA) is 52.7 Å². The maximum atomic E-state index is 12.0. The normalized spacial score (nSPS) is 13.6. The molecule has 2 rings (SSSR count). The van der Waals surface area contributed by atoms with Crippen LogP contribution in [-0.4, -0.2) is 50.4 Å². The molecule has 1 heterocycles. The molecule has 1 aromatic rings. The molecule has 0 aromatic heterocycles. The van der Waals surface area contributed by atoms with Crippen molar-refractivity contribution in [2.24, 2.45) is 0 Å². The summed E-state index contributed by atoms with van der Waals surface area (Å²) in [5.41, 5.74) is 3.69. The zero-order chi connectivity index (χ0) is 15.4. The Morgan fingerprint density at radius 3 is 2.81 bits per heavy atom. The van der Waals surface area contributed by atoms with Crippen LogP contribution in [0.25, 0.3) is 0 Å². The SMILES string of the molecule is Cc1ccc2c(c1)CCCN2CC(=O)NCC(=O)N(C)C. The van der Waals surface area contributed by atoms with E-state index in [0.717, 1.165) is 25.1 Å². The van der Waals surface area contributed by atoms with Gasteiger partial charge >= 0.3 is 0 Å². The van der Waals surface area contributed by atoms with Crippen LogP contribution in [0.2, 0.25) is 0 Å². The second-order valence-corrected chi connectivity index (χ2v) is 5.72. The van der Waals surface area contributed by atoms with Crippen LogP contribution in [0.1, 0.15) is 17.5 Å². The Hall–Kier alpha value is -2.04. The monoisotopic (exact) mass is 289 g/mol. The van der Waals surface area contributed by atoms with Crippen LogP contribution in [-0.2, 0) is 16.0 Å². The number of benzene rings is 1. The summed E-state index contributed by atoms with van der Waals surface area (Å²) in [7, 11) is 3.36. The molecule has 1 aromatic carbocycles. The van der Waals surface area contributed by atoms with Crippen LogP contribution in [0.4, 0.5) is 5.69 Å². The molecule has 0 atom stereocenters. The van der Waals surface area contributed by atoms with Crippen LogP contribution in [0.5, 0.6) is 0 Å². The van der Waals surface area contributed by atoms with Crippen molar-refractivity contribution in [2.45, 2.75) is 19.8 Å². The summed E-state index contributed by atoms with van der Waals surface area (Å²) in [6.45, 7) is 3.32. The minimum absolute atomic E-state index is 0.0560. The van der Waals surface area contributed by atoms with E-state index >= 15 is 0 Å². The number of hydrogen-bond acceptors (Lipinski definition) is 3. The zero-order valence-electron chi connectivity index (χ0n) is 13.0. The Bertz CT molecular complexity index is 540. The zero-order valence-corrected chi connectivity index (χ0v) is 13.0. The maximum Gasteiger partial charge on any atom is 0.241 e. The lowest BCUT2D eigenvalue weighted by Crippen LogP contribution is -2.43. The summed E-state index contributed by atoms with van der Waals surface area (Å²) in [6.07, 6.45) is 2.12. The lowest BCUT2D eigenvalue weighted by atomic mass is 9.99.